The molecule has 1 aromatic carbocycles. The normalized spacial score (nSPS) is 17.3. The second kappa shape index (κ2) is 7.61. The summed E-state index contributed by atoms with van der Waals surface area (Å²) in [6, 6.07) is 5.17. The Morgan fingerprint density at radius 3 is 2.64 bits per heavy atom. The van der Waals surface area contributed by atoms with Crippen molar-refractivity contribution in [3.8, 4) is 5.75 Å². The molecule has 5 heteroatoms. The van der Waals surface area contributed by atoms with Crippen LogP contribution in [0.1, 0.15) is 32.3 Å². The van der Waals surface area contributed by atoms with E-state index in [1.807, 2.05) is 39.0 Å². The van der Waals surface area contributed by atoms with Crippen molar-refractivity contribution in [1.29, 1.82) is 0 Å². The second-order valence-corrected chi connectivity index (χ2v) is 6.17. The molecular formula is C17H26N2O3. The van der Waals surface area contributed by atoms with Crippen molar-refractivity contribution in [2.75, 3.05) is 18.5 Å². The molecule has 1 aliphatic rings. The van der Waals surface area contributed by atoms with Crippen LogP contribution in [0.3, 0.4) is 0 Å². The molecule has 2 rings (SSSR count). The lowest BCUT2D eigenvalue weighted by atomic mass is 10.0. The topological polar surface area (TPSA) is 73.6 Å². The Morgan fingerprint density at radius 2 is 2.05 bits per heavy atom. The van der Waals surface area contributed by atoms with Gasteiger partial charge in [-0.05, 0) is 36.6 Å². The number of benzene rings is 1. The molecule has 0 aromatic heterocycles. The quantitative estimate of drug-likeness (QED) is 0.876. The predicted octanol–water partition coefficient (Wildman–Crippen LogP) is 2.47. The Bertz CT molecular complexity index is 511. The van der Waals surface area contributed by atoms with E-state index in [2.05, 4.69) is 5.32 Å². The van der Waals surface area contributed by atoms with Crippen LogP contribution in [0.2, 0.25) is 0 Å². The molecule has 1 aliphatic heterocycles. The minimum atomic E-state index is -0.501. The zero-order valence-electron chi connectivity index (χ0n) is 13.6. The van der Waals surface area contributed by atoms with Gasteiger partial charge in [0.2, 0.25) is 5.91 Å². The number of carbonyl (C=O) groups is 1. The molecule has 122 valence electrons. The van der Waals surface area contributed by atoms with E-state index in [9.17, 15) is 4.79 Å². The molecule has 1 heterocycles. The summed E-state index contributed by atoms with van der Waals surface area (Å²) in [6.45, 7) is 7.35. The van der Waals surface area contributed by atoms with E-state index in [0.717, 1.165) is 43.1 Å². The van der Waals surface area contributed by atoms with Crippen molar-refractivity contribution in [3.63, 3.8) is 0 Å². The fourth-order valence-corrected chi connectivity index (χ4v) is 2.36. The lowest BCUT2D eigenvalue weighted by molar-refractivity contribution is -0.118. The highest BCUT2D eigenvalue weighted by Gasteiger charge is 2.18. The van der Waals surface area contributed by atoms with Crippen LogP contribution in [0.4, 0.5) is 5.69 Å². The predicted molar refractivity (Wildman–Crippen MR) is 87.1 cm³/mol. The van der Waals surface area contributed by atoms with E-state index in [1.165, 1.54) is 0 Å². The van der Waals surface area contributed by atoms with Gasteiger partial charge in [0, 0.05) is 18.5 Å². The van der Waals surface area contributed by atoms with Gasteiger partial charge in [-0.3, -0.25) is 4.79 Å². The minimum absolute atomic E-state index is 0.109. The van der Waals surface area contributed by atoms with Crippen LogP contribution in [0, 0.1) is 12.8 Å². The van der Waals surface area contributed by atoms with E-state index in [1.54, 1.807) is 0 Å². The fraction of sp³-hybridized carbons (Fsp3) is 0.588. The highest BCUT2D eigenvalue weighted by molar-refractivity contribution is 5.95. The molecule has 1 atom stereocenters. The number of hydrogen-bond acceptors (Lipinski definition) is 4. The van der Waals surface area contributed by atoms with E-state index >= 15 is 0 Å². The van der Waals surface area contributed by atoms with Crippen molar-refractivity contribution < 1.29 is 14.3 Å². The average molecular weight is 306 g/mol. The third-order valence-electron chi connectivity index (χ3n) is 3.93. The maximum atomic E-state index is 12.0. The summed E-state index contributed by atoms with van der Waals surface area (Å²) in [5, 5.41) is 2.86. The van der Waals surface area contributed by atoms with Crippen LogP contribution in [0.15, 0.2) is 18.2 Å². The van der Waals surface area contributed by atoms with E-state index in [-0.39, 0.29) is 17.9 Å². The number of hydrogen-bond donors (Lipinski definition) is 2. The molecule has 1 fully saturated rings. The van der Waals surface area contributed by atoms with Gasteiger partial charge in [0.05, 0.1) is 19.3 Å². The van der Waals surface area contributed by atoms with Gasteiger partial charge in [-0.15, -0.1) is 0 Å². The summed E-state index contributed by atoms with van der Waals surface area (Å²) in [5.74, 6) is 0.808. The van der Waals surface area contributed by atoms with Gasteiger partial charge in [-0.1, -0.05) is 13.8 Å². The summed E-state index contributed by atoms with van der Waals surface area (Å²) in [7, 11) is 0. The van der Waals surface area contributed by atoms with Crippen molar-refractivity contribution in [2.45, 2.75) is 45.8 Å². The number of nitrogens with two attached hydrogens (primary N) is 1. The molecule has 0 radical (unpaired) electrons. The van der Waals surface area contributed by atoms with Gasteiger partial charge in [-0.2, -0.15) is 0 Å². The molecule has 0 unspecified atom stereocenters. The molecule has 0 saturated carbocycles. The number of rotatable bonds is 5. The summed E-state index contributed by atoms with van der Waals surface area (Å²) in [6.07, 6.45) is 2.05. The van der Waals surface area contributed by atoms with Crippen LogP contribution in [-0.2, 0) is 9.53 Å². The van der Waals surface area contributed by atoms with Gasteiger partial charge in [0.15, 0.2) is 0 Å². The van der Waals surface area contributed by atoms with Gasteiger partial charge in [0.25, 0.3) is 0 Å². The largest absolute Gasteiger partial charge is 0.490 e. The average Bonchev–Trinajstić information content (AvgIpc) is 2.50. The SMILES string of the molecule is Cc1cc(NC(=O)[C@@H](N)C(C)C)ccc1OC1CCOCC1. The maximum absolute atomic E-state index is 12.0. The lowest BCUT2D eigenvalue weighted by Gasteiger charge is -2.24. The Kier molecular flexibility index (Phi) is 5.80. The third kappa shape index (κ3) is 4.45. The molecule has 1 saturated heterocycles. The van der Waals surface area contributed by atoms with E-state index in [4.69, 9.17) is 15.2 Å². The van der Waals surface area contributed by atoms with Crippen LogP contribution >= 0.6 is 0 Å². The molecule has 1 aromatic rings. The molecule has 3 N–H and O–H groups in total. The number of amides is 1. The number of ether oxygens (including phenoxy) is 2. The molecule has 22 heavy (non-hydrogen) atoms. The van der Waals surface area contributed by atoms with Crippen LogP contribution in [0.5, 0.6) is 5.75 Å². The summed E-state index contributed by atoms with van der Waals surface area (Å²) < 4.78 is 11.3. The standard InChI is InChI=1S/C17H26N2O3/c1-11(2)16(18)17(20)19-13-4-5-15(12(3)10-13)22-14-6-8-21-9-7-14/h4-5,10-11,14,16H,6-9,18H2,1-3H3,(H,19,20)/t16-/m0/s1. The maximum Gasteiger partial charge on any atom is 0.241 e. The molecular weight excluding hydrogens is 280 g/mol. The van der Waals surface area contributed by atoms with Gasteiger partial charge in [0.1, 0.15) is 11.9 Å². The van der Waals surface area contributed by atoms with Crippen LogP contribution < -0.4 is 15.8 Å². The zero-order valence-corrected chi connectivity index (χ0v) is 13.6. The molecule has 0 spiro atoms. The van der Waals surface area contributed by atoms with Crippen molar-refractivity contribution in [3.05, 3.63) is 23.8 Å². The van der Waals surface area contributed by atoms with E-state index in [0.29, 0.717) is 0 Å². The van der Waals surface area contributed by atoms with Crippen molar-refractivity contribution >= 4 is 11.6 Å². The summed E-state index contributed by atoms with van der Waals surface area (Å²) >= 11 is 0. The molecule has 1 amide bonds. The monoisotopic (exact) mass is 306 g/mol. The van der Waals surface area contributed by atoms with Crippen molar-refractivity contribution in [1.82, 2.24) is 0 Å². The second-order valence-electron chi connectivity index (χ2n) is 6.17. The molecule has 0 aliphatic carbocycles. The minimum Gasteiger partial charge on any atom is -0.490 e. The lowest BCUT2D eigenvalue weighted by Crippen LogP contribution is -2.39. The first-order valence-corrected chi connectivity index (χ1v) is 7.89. The van der Waals surface area contributed by atoms with Gasteiger partial charge >= 0.3 is 0 Å². The smallest absolute Gasteiger partial charge is 0.241 e. The Hall–Kier alpha value is -1.59. The highest BCUT2D eigenvalue weighted by atomic mass is 16.5. The molecule has 5 nitrogen and oxygen atoms in total. The van der Waals surface area contributed by atoms with Crippen LogP contribution in [-0.4, -0.2) is 31.3 Å². The Balaban J connectivity index is 1.98. The van der Waals surface area contributed by atoms with Gasteiger partial charge < -0.3 is 20.5 Å². The van der Waals surface area contributed by atoms with Crippen molar-refractivity contribution in [2.24, 2.45) is 11.7 Å². The number of nitrogens with one attached hydrogen (secondary N) is 1. The summed E-state index contributed by atoms with van der Waals surface area (Å²) in [4.78, 5) is 12.0. The van der Waals surface area contributed by atoms with Crippen LogP contribution in [0.25, 0.3) is 0 Å². The first-order chi connectivity index (χ1) is 10.5. The fourth-order valence-electron chi connectivity index (χ4n) is 2.36. The zero-order chi connectivity index (χ0) is 16.1. The third-order valence-corrected chi connectivity index (χ3v) is 3.93. The number of anilines is 1. The Labute approximate surface area is 132 Å². The first kappa shape index (κ1) is 16.8. The highest BCUT2D eigenvalue weighted by Crippen LogP contribution is 2.25. The molecule has 0 bridgehead atoms. The van der Waals surface area contributed by atoms with Gasteiger partial charge in [-0.25, -0.2) is 0 Å². The number of aryl methyl sites for hydroxylation is 1. The summed E-state index contributed by atoms with van der Waals surface area (Å²) in [5.41, 5.74) is 7.60. The number of carbonyl (C=O) groups excluding carboxylic acids is 1. The Morgan fingerprint density at radius 1 is 1.36 bits per heavy atom. The first-order valence-electron chi connectivity index (χ1n) is 7.89. The van der Waals surface area contributed by atoms with E-state index < -0.39 is 6.04 Å².